The van der Waals surface area contributed by atoms with E-state index in [0.717, 1.165) is 24.0 Å². The van der Waals surface area contributed by atoms with Gasteiger partial charge in [-0.15, -0.1) is 24.0 Å². The zero-order chi connectivity index (χ0) is 16.5. The molecule has 3 N–H and O–H groups in total. The highest BCUT2D eigenvalue weighted by molar-refractivity contribution is 14.0. The first-order chi connectivity index (χ1) is 11.2. The van der Waals surface area contributed by atoms with Gasteiger partial charge in [0.15, 0.2) is 5.96 Å². The molecule has 0 radical (unpaired) electrons. The molecule has 0 heterocycles. The summed E-state index contributed by atoms with van der Waals surface area (Å²) in [6.45, 7) is 5.65. The van der Waals surface area contributed by atoms with Crippen molar-refractivity contribution >= 4 is 29.9 Å². The summed E-state index contributed by atoms with van der Waals surface area (Å²) in [5.41, 5.74) is 1.15. The number of hydrogen-bond donors (Lipinski definition) is 3. The van der Waals surface area contributed by atoms with Gasteiger partial charge < -0.3 is 15.7 Å². The molecule has 0 aliphatic heterocycles. The Labute approximate surface area is 163 Å². The number of aliphatic hydroxyl groups is 1. The molecule has 0 amide bonds. The monoisotopic (exact) mass is 445 g/mol. The molecule has 1 aromatic rings. The third kappa shape index (κ3) is 7.83. The van der Waals surface area contributed by atoms with Crippen molar-refractivity contribution in [2.24, 2.45) is 10.9 Å². The number of nitrogens with zero attached hydrogens (tertiary/aromatic N) is 1. The third-order valence-electron chi connectivity index (χ3n) is 4.40. The number of benzene rings is 1. The van der Waals surface area contributed by atoms with Crippen molar-refractivity contribution in [1.29, 1.82) is 0 Å². The van der Waals surface area contributed by atoms with E-state index in [1.807, 2.05) is 30.3 Å². The van der Waals surface area contributed by atoms with Crippen LogP contribution in [0.4, 0.5) is 0 Å². The molecule has 1 saturated carbocycles. The summed E-state index contributed by atoms with van der Waals surface area (Å²) in [4.78, 5) is 4.57. The number of hydrogen-bond acceptors (Lipinski definition) is 2. The van der Waals surface area contributed by atoms with Crippen LogP contribution in [0.5, 0.6) is 0 Å². The van der Waals surface area contributed by atoms with Crippen LogP contribution in [0.1, 0.15) is 45.1 Å². The van der Waals surface area contributed by atoms with Crippen LogP contribution in [0, 0.1) is 5.92 Å². The highest BCUT2D eigenvalue weighted by atomic mass is 127. The quantitative estimate of drug-likeness (QED) is 0.358. The summed E-state index contributed by atoms with van der Waals surface area (Å²) in [6.07, 6.45) is 5.23. The fourth-order valence-electron chi connectivity index (χ4n) is 3.23. The van der Waals surface area contributed by atoms with Gasteiger partial charge in [0.25, 0.3) is 0 Å². The van der Waals surface area contributed by atoms with E-state index in [1.165, 1.54) is 25.7 Å². The van der Waals surface area contributed by atoms with Crippen molar-refractivity contribution in [3.63, 3.8) is 0 Å². The standard InChI is InChI=1S/C19H31N3O.HI/c1-3-20-19(22-17-11-7-8-15(2)12-17)21-14-18(23)13-16-9-5-4-6-10-16;/h4-6,9-10,15,17-18,23H,3,7-8,11-14H2,1-2H3,(H2,20,21,22);1H. The summed E-state index contributed by atoms with van der Waals surface area (Å²) >= 11 is 0. The minimum atomic E-state index is -0.446. The molecule has 0 spiro atoms. The van der Waals surface area contributed by atoms with Crippen molar-refractivity contribution in [3.8, 4) is 0 Å². The second kappa shape index (κ2) is 11.7. The van der Waals surface area contributed by atoms with Gasteiger partial charge in [0.1, 0.15) is 0 Å². The van der Waals surface area contributed by atoms with Gasteiger partial charge in [-0.3, -0.25) is 4.99 Å². The molecular formula is C19H32IN3O. The molecule has 0 aromatic heterocycles. The largest absolute Gasteiger partial charge is 0.391 e. The number of rotatable bonds is 6. The zero-order valence-corrected chi connectivity index (χ0v) is 17.2. The second-order valence-corrected chi connectivity index (χ2v) is 6.68. The maximum absolute atomic E-state index is 10.2. The lowest BCUT2D eigenvalue weighted by atomic mass is 9.87. The highest BCUT2D eigenvalue weighted by Gasteiger charge is 2.19. The van der Waals surface area contributed by atoms with Crippen LogP contribution in [0.25, 0.3) is 0 Å². The van der Waals surface area contributed by atoms with Crippen LogP contribution in [-0.4, -0.2) is 36.3 Å². The summed E-state index contributed by atoms with van der Waals surface area (Å²) in [5, 5.41) is 17.0. The molecule has 3 atom stereocenters. The van der Waals surface area contributed by atoms with Gasteiger partial charge in [-0.05, 0) is 31.2 Å². The molecule has 24 heavy (non-hydrogen) atoms. The van der Waals surface area contributed by atoms with Gasteiger partial charge in [-0.2, -0.15) is 0 Å². The molecule has 136 valence electrons. The fraction of sp³-hybridized carbons (Fsp3) is 0.632. The Morgan fingerprint density at radius 2 is 2.04 bits per heavy atom. The van der Waals surface area contributed by atoms with Crippen LogP contribution in [0.2, 0.25) is 0 Å². The van der Waals surface area contributed by atoms with Gasteiger partial charge >= 0.3 is 0 Å². The molecule has 0 bridgehead atoms. The molecule has 1 aliphatic carbocycles. The summed E-state index contributed by atoms with van der Waals surface area (Å²) < 4.78 is 0. The lowest BCUT2D eigenvalue weighted by Gasteiger charge is -2.29. The predicted molar refractivity (Wildman–Crippen MR) is 112 cm³/mol. The van der Waals surface area contributed by atoms with E-state index in [-0.39, 0.29) is 24.0 Å². The van der Waals surface area contributed by atoms with Gasteiger partial charge in [0.2, 0.25) is 0 Å². The van der Waals surface area contributed by atoms with E-state index in [2.05, 4.69) is 29.5 Å². The van der Waals surface area contributed by atoms with Crippen LogP contribution < -0.4 is 10.6 Å². The van der Waals surface area contributed by atoms with Crippen LogP contribution >= 0.6 is 24.0 Å². The van der Waals surface area contributed by atoms with Gasteiger partial charge in [0.05, 0.1) is 12.6 Å². The van der Waals surface area contributed by atoms with E-state index in [4.69, 9.17) is 0 Å². The van der Waals surface area contributed by atoms with E-state index in [1.54, 1.807) is 0 Å². The Hall–Kier alpha value is -0.820. The second-order valence-electron chi connectivity index (χ2n) is 6.68. The number of halogens is 1. The van der Waals surface area contributed by atoms with Gasteiger partial charge in [0, 0.05) is 19.0 Å². The van der Waals surface area contributed by atoms with Crippen LogP contribution in [0.15, 0.2) is 35.3 Å². The molecule has 0 saturated heterocycles. The molecule has 4 nitrogen and oxygen atoms in total. The topological polar surface area (TPSA) is 56.7 Å². The minimum Gasteiger partial charge on any atom is -0.391 e. The first kappa shape index (κ1) is 21.2. The minimum absolute atomic E-state index is 0. The van der Waals surface area contributed by atoms with E-state index >= 15 is 0 Å². The maximum Gasteiger partial charge on any atom is 0.191 e. The molecule has 1 aromatic carbocycles. The van der Waals surface area contributed by atoms with E-state index < -0.39 is 6.10 Å². The maximum atomic E-state index is 10.2. The average Bonchev–Trinajstić information content (AvgIpc) is 2.54. The Kier molecular flexibility index (Phi) is 10.3. The van der Waals surface area contributed by atoms with Crippen molar-refractivity contribution < 1.29 is 5.11 Å². The SMILES string of the molecule is CCNC(=NCC(O)Cc1ccccc1)NC1CCCC(C)C1.I. The number of nitrogens with one attached hydrogen (secondary N) is 2. The van der Waals surface area contributed by atoms with Crippen molar-refractivity contribution in [1.82, 2.24) is 10.6 Å². The zero-order valence-electron chi connectivity index (χ0n) is 14.9. The molecule has 1 aliphatic rings. The summed E-state index contributed by atoms with van der Waals surface area (Å²) in [7, 11) is 0. The Bertz CT molecular complexity index is 481. The first-order valence-electron chi connectivity index (χ1n) is 8.94. The van der Waals surface area contributed by atoms with Crippen molar-refractivity contribution in [3.05, 3.63) is 35.9 Å². The Morgan fingerprint density at radius 3 is 2.71 bits per heavy atom. The normalized spacial score (nSPS) is 22.4. The number of aliphatic hydroxyl groups excluding tert-OH is 1. The molecular weight excluding hydrogens is 413 g/mol. The lowest BCUT2D eigenvalue weighted by molar-refractivity contribution is 0.183. The highest BCUT2D eigenvalue weighted by Crippen LogP contribution is 2.23. The molecule has 5 heteroatoms. The Balaban J connectivity index is 0.00000288. The van der Waals surface area contributed by atoms with Gasteiger partial charge in [-0.1, -0.05) is 50.1 Å². The molecule has 2 rings (SSSR count). The van der Waals surface area contributed by atoms with E-state index in [9.17, 15) is 5.11 Å². The fourth-order valence-corrected chi connectivity index (χ4v) is 3.23. The molecule has 3 unspecified atom stereocenters. The van der Waals surface area contributed by atoms with Crippen molar-refractivity contribution in [2.45, 2.75) is 58.1 Å². The third-order valence-corrected chi connectivity index (χ3v) is 4.40. The molecule has 1 fully saturated rings. The lowest BCUT2D eigenvalue weighted by Crippen LogP contribution is -2.45. The Morgan fingerprint density at radius 1 is 1.29 bits per heavy atom. The average molecular weight is 445 g/mol. The summed E-state index contributed by atoms with van der Waals surface area (Å²) in [5.74, 6) is 1.62. The van der Waals surface area contributed by atoms with Crippen molar-refractivity contribution in [2.75, 3.05) is 13.1 Å². The van der Waals surface area contributed by atoms with Gasteiger partial charge in [-0.25, -0.2) is 0 Å². The van der Waals surface area contributed by atoms with E-state index in [0.29, 0.717) is 19.0 Å². The number of guanidine groups is 1. The van der Waals surface area contributed by atoms with Crippen LogP contribution in [-0.2, 0) is 6.42 Å². The smallest absolute Gasteiger partial charge is 0.191 e. The predicted octanol–water partition coefficient (Wildman–Crippen LogP) is 3.34. The number of aliphatic imine (C=N–C) groups is 1. The summed E-state index contributed by atoms with van der Waals surface area (Å²) in [6, 6.07) is 10.6. The van der Waals surface area contributed by atoms with Crippen LogP contribution in [0.3, 0.4) is 0 Å². The first-order valence-corrected chi connectivity index (χ1v) is 8.94.